The average Bonchev–Trinajstić information content (AvgIpc) is 3.49. The van der Waals surface area contributed by atoms with Crippen LogP contribution in [0.3, 0.4) is 0 Å². The molecule has 9 heteroatoms. The summed E-state index contributed by atoms with van der Waals surface area (Å²) in [5.41, 5.74) is 1.11. The molecule has 2 amide bonds. The van der Waals surface area contributed by atoms with Crippen molar-refractivity contribution in [2.75, 3.05) is 25.4 Å². The minimum atomic E-state index is -0.394. The largest absolute Gasteiger partial charge is 0.355 e. The first-order valence-electron chi connectivity index (χ1n) is 10.6. The topological polar surface area (TPSA) is 80.1 Å². The zero-order valence-corrected chi connectivity index (χ0v) is 18.4. The van der Waals surface area contributed by atoms with Crippen LogP contribution >= 0.6 is 11.8 Å². The predicted octanol–water partition coefficient (Wildman–Crippen LogP) is 3.29. The van der Waals surface area contributed by atoms with Crippen molar-refractivity contribution in [1.82, 2.24) is 25.0 Å². The van der Waals surface area contributed by atoms with E-state index in [1.807, 2.05) is 35.2 Å². The van der Waals surface area contributed by atoms with Crippen LogP contribution in [0.5, 0.6) is 0 Å². The van der Waals surface area contributed by atoms with Gasteiger partial charge >= 0.3 is 0 Å². The Morgan fingerprint density at radius 3 is 2.47 bits per heavy atom. The third-order valence-corrected chi connectivity index (χ3v) is 6.14. The molecule has 1 N–H and O–H groups in total. The number of hydrogen-bond donors (Lipinski definition) is 1. The van der Waals surface area contributed by atoms with Crippen LogP contribution in [0, 0.1) is 5.82 Å². The molecule has 2 aromatic carbocycles. The first kappa shape index (κ1) is 22.0. The van der Waals surface area contributed by atoms with E-state index in [0.29, 0.717) is 29.5 Å². The van der Waals surface area contributed by atoms with E-state index in [9.17, 15) is 14.0 Å². The molecule has 0 atom stereocenters. The smallest absolute Gasteiger partial charge is 0.230 e. The maximum absolute atomic E-state index is 14.4. The molecule has 0 unspecified atom stereocenters. The number of thioether (sulfide) groups is 1. The van der Waals surface area contributed by atoms with Crippen molar-refractivity contribution in [3.63, 3.8) is 0 Å². The van der Waals surface area contributed by atoms with Gasteiger partial charge in [0.2, 0.25) is 11.8 Å². The zero-order valence-electron chi connectivity index (χ0n) is 17.5. The van der Waals surface area contributed by atoms with Gasteiger partial charge in [0.25, 0.3) is 0 Å². The van der Waals surface area contributed by atoms with Gasteiger partial charge in [-0.1, -0.05) is 42.1 Å². The minimum Gasteiger partial charge on any atom is -0.355 e. The van der Waals surface area contributed by atoms with E-state index in [1.54, 1.807) is 22.8 Å². The van der Waals surface area contributed by atoms with E-state index < -0.39 is 5.82 Å². The monoisotopic (exact) mass is 453 g/mol. The second-order valence-corrected chi connectivity index (χ2v) is 8.38. The van der Waals surface area contributed by atoms with Crippen LogP contribution in [0.2, 0.25) is 0 Å². The Labute approximate surface area is 190 Å². The van der Waals surface area contributed by atoms with Crippen LogP contribution in [0.1, 0.15) is 19.3 Å². The van der Waals surface area contributed by atoms with Crippen molar-refractivity contribution >= 4 is 23.6 Å². The summed E-state index contributed by atoms with van der Waals surface area (Å²) in [6.07, 6.45) is 2.39. The number of carbonyl (C=O) groups is 2. The number of halogens is 1. The highest BCUT2D eigenvalue weighted by atomic mass is 32.2. The van der Waals surface area contributed by atoms with Crippen molar-refractivity contribution in [2.45, 2.75) is 24.4 Å². The van der Waals surface area contributed by atoms with E-state index >= 15 is 0 Å². The molecule has 32 heavy (non-hydrogen) atoms. The molecule has 7 nitrogen and oxygen atoms in total. The Morgan fingerprint density at radius 1 is 1.00 bits per heavy atom. The minimum absolute atomic E-state index is 0.0776. The maximum Gasteiger partial charge on any atom is 0.230 e. The fraction of sp³-hybridized carbons (Fsp3) is 0.304. The average molecular weight is 454 g/mol. The van der Waals surface area contributed by atoms with Gasteiger partial charge in [-0.15, -0.1) is 10.2 Å². The number of rotatable bonds is 8. The van der Waals surface area contributed by atoms with Gasteiger partial charge in [0.15, 0.2) is 11.0 Å². The quantitative estimate of drug-likeness (QED) is 0.530. The van der Waals surface area contributed by atoms with E-state index in [-0.39, 0.29) is 17.6 Å². The first-order chi connectivity index (χ1) is 15.6. The van der Waals surface area contributed by atoms with Crippen LogP contribution in [-0.4, -0.2) is 56.9 Å². The lowest BCUT2D eigenvalue weighted by atomic mass is 10.2. The molecule has 0 aliphatic carbocycles. The lowest BCUT2D eigenvalue weighted by Crippen LogP contribution is -2.33. The van der Waals surface area contributed by atoms with Gasteiger partial charge in [-0.25, -0.2) is 4.39 Å². The van der Waals surface area contributed by atoms with Gasteiger partial charge in [0.05, 0.1) is 11.3 Å². The van der Waals surface area contributed by atoms with E-state index in [4.69, 9.17) is 0 Å². The predicted molar refractivity (Wildman–Crippen MR) is 121 cm³/mol. The van der Waals surface area contributed by atoms with Crippen LogP contribution in [0.4, 0.5) is 4.39 Å². The number of likely N-dealkylation sites (tertiary alicyclic amines) is 1. The maximum atomic E-state index is 14.4. The number of nitrogens with zero attached hydrogens (tertiary/aromatic N) is 4. The standard InChI is InChI=1S/C23H24FN5O2S/c24-19-11-5-4-10-18(19)22-26-27-23(29(22)17-8-2-1-3-9-17)32-16-20(30)25-13-12-21(31)28-14-6-7-15-28/h1-5,8-11H,6-7,12-16H2,(H,25,30). The number of aromatic nitrogens is 3. The van der Waals surface area contributed by atoms with Crippen LogP contribution in [-0.2, 0) is 9.59 Å². The van der Waals surface area contributed by atoms with Gasteiger partial charge in [-0.05, 0) is 37.1 Å². The molecule has 0 bridgehead atoms. The summed E-state index contributed by atoms with van der Waals surface area (Å²) in [6, 6.07) is 15.8. The van der Waals surface area contributed by atoms with Crippen molar-refractivity contribution in [2.24, 2.45) is 0 Å². The molecule has 1 fully saturated rings. The zero-order chi connectivity index (χ0) is 22.3. The van der Waals surface area contributed by atoms with Crippen LogP contribution < -0.4 is 5.32 Å². The normalized spacial score (nSPS) is 13.3. The summed E-state index contributed by atoms with van der Waals surface area (Å²) in [5, 5.41) is 11.7. The Hall–Kier alpha value is -3.20. The molecule has 1 aliphatic heterocycles. The Bertz CT molecular complexity index is 1080. The number of para-hydroxylation sites is 1. The van der Waals surface area contributed by atoms with Crippen LogP contribution in [0.25, 0.3) is 17.1 Å². The molecule has 1 aliphatic rings. The molecule has 0 spiro atoms. The Morgan fingerprint density at radius 2 is 1.72 bits per heavy atom. The van der Waals surface area contributed by atoms with Gasteiger partial charge < -0.3 is 10.2 Å². The third kappa shape index (κ3) is 5.16. The molecular weight excluding hydrogens is 429 g/mol. The Balaban J connectivity index is 1.43. The number of hydrogen-bond acceptors (Lipinski definition) is 5. The second kappa shape index (κ2) is 10.4. The van der Waals surface area contributed by atoms with Gasteiger partial charge in [0.1, 0.15) is 5.82 Å². The summed E-state index contributed by atoms with van der Waals surface area (Å²) in [7, 11) is 0. The molecular formula is C23H24FN5O2S. The van der Waals surface area contributed by atoms with Crippen LogP contribution in [0.15, 0.2) is 59.8 Å². The molecule has 1 aromatic heterocycles. The fourth-order valence-electron chi connectivity index (χ4n) is 3.60. The summed E-state index contributed by atoms with van der Waals surface area (Å²) in [6.45, 7) is 1.92. The van der Waals surface area contributed by atoms with Crippen molar-refractivity contribution in [3.8, 4) is 17.1 Å². The molecule has 166 valence electrons. The molecule has 3 aromatic rings. The molecule has 0 radical (unpaired) electrons. The fourth-order valence-corrected chi connectivity index (χ4v) is 4.39. The molecule has 4 rings (SSSR count). The van der Waals surface area contributed by atoms with Gasteiger partial charge in [0, 0.05) is 31.7 Å². The second-order valence-electron chi connectivity index (χ2n) is 7.43. The first-order valence-corrected chi connectivity index (χ1v) is 11.5. The lowest BCUT2D eigenvalue weighted by Gasteiger charge is -2.15. The highest BCUT2D eigenvalue weighted by Crippen LogP contribution is 2.29. The number of amides is 2. The molecule has 1 saturated heterocycles. The third-order valence-electron chi connectivity index (χ3n) is 5.21. The Kier molecular flexibility index (Phi) is 7.16. The summed E-state index contributed by atoms with van der Waals surface area (Å²) in [5.74, 6) is -0.0318. The van der Waals surface area contributed by atoms with Crippen molar-refractivity contribution in [3.05, 3.63) is 60.4 Å². The summed E-state index contributed by atoms with van der Waals surface area (Å²) in [4.78, 5) is 26.3. The highest BCUT2D eigenvalue weighted by Gasteiger charge is 2.20. The van der Waals surface area contributed by atoms with Gasteiger partial charge in [-0.2, -0.15) is 0 Å². The molecule has 0 saturated carbocycles. The molecule has 2 heterocycles. The summed E-state index contributed by atoms with van der Waals surface area (Å²) >= 11 is 1.22. The van der Waals surface area contributed by atoms with E-state index in [2.05, 4.69) is 15.5 Å². The van der Waals surface area contributed by atoms with Crippen molar-refractivity contribution in [1.29, 1.82) is 0 Å². The van der Waals surface area contributed by atoms with Crippen molar-refractivity contribution < 1.29 is 14.0 Å². The van der Waals surface area contributed by atoms with Gasteiger partial charge in [-0.3, -0.25) is 14.2 Å². The lowest BCUT2D eigenvalue weighted by molar-refractivity contribution is -0.130. The number of nitrogens with one attached hydrogen (secondary N) is 1. The van der Waals surface area contributed by atoms with E-state index in [0.717, 1.165) is 31.6 Å². The summed E-state index contributed by atoms with van der Waals surface area (Å²) < 4.78 is 16.2. The highest BCUT2D eigenvalue weighted by molar-refractivity contribution is 7.99. The SMILES string of the molecule is O=C(CSc1nnc(-c2ccccc2F)n1-c1ccccc1)NCCC(=O)N1CCCC1. The van der Waals surface area contributed by atoms with E-state index in [1.165, 1.54) is 17.8 Å². The number of carbonyl (C=O) groups excluding carboxylic acids is 2. The number of benzene rings is 2.